The minimum atomic E-state index is -1.83. The zero-order valence-electron chi connectivity index (χ0n) is 29.1. The highest BCUT2D eigenvalue weighted by Crippen LogP contribution is 2.32. The third kappa shape index (κ3) is 9.58. The van der Waals surface area contributed by atoms with Crippen LogP contribution in [0.25, 0.3) is 6.08 Å². The summed E-state index contributed by atoms with van der Waals surface area (Å²) in [5.74, 6) is -2.52. The molecule has 11 N–H and O–H groups in total. The summed E-state index contributed by atoms with van der Waals surface area (Å²) in [7, 11) is 0. The van der Waals surface area contributed by atoms with Crippen molar-refractivity contribution in [2.75, 3.05) is 13.2 Å². The van der Waals surface area contributed by atoms with Gasteiger partial charge in [-0.05, 0) is 61.7 Å². The number of carbonyl (C=O) groups excluding carboxylic acids is 1. The van der Waals surface area contributed by atoms with Gasteiger partial charge in [-0.3, -0.25) is 0 Å². The van der Waals surface area contributed by atoms with Gasteiger partial charge in [0.15, 0.2) is 48.0 Å². The molecule has 3 fully saturated rings. The Bertz CT molecular complexity index is 1590. The van der Waals surface area contributed by atoms with Gasteiger partial charge in [-0.1, -0.05) is 12.1 Å². The predicted octanol–water partition coefficient (Wildman–Crippen LogP) is -2.16. The van der Waals surface area contributed by atoms with Gasteiger partial charge >= 0.3 is 5.97 Å². The molecule has 19 heteroatoms. The Labute approximate surface area is 308 Å². The maximum absolute atomic E-state index is 12.9. The maximum Gasteiger partial charge on any atom is 0.331 e. The third-order valence-corrected chi connectivity index (χ3v) is 9.32. The van der Waals surface area contributed by atoms with Gasteiger partial charge in [-0.25, -0.2) is 4.79 Å². The van der Waals surface area contributed by atoms with Crippen molar-refractivity contribution in [3.8, 4) is 23.0 Å². The first-order valence-corrected chi connectivity index (χ1v) is 17.1. The van der Waals surface area contributed by atoms with Crippen molar-refractivity contribution in [1.82, 2.24) is 0 Å². The fraction of sp³-hybridized carbons (Fsp3) is 0.571. The highest BCUT2D eigenvalue weighted by Gasteiger charge is 2.51. The van der Waals surface area contributed by atoms with E-state index in [4.69, 9.17) is 33.2 Å². The van der Waals surface area contributed by atoms with Crippen molar-refractivity contribution in [1.29, 1.82) is 0 Å². The van der Waals surface area contributed by atoms with E-state index in [1.165, 1.54) is 56.3 Å². The average molecular weight is 771 g/mol. The van der Waals surface area contributed by atoms with E-state index < -0.39 is 110 Å². The molecule has 0 radical (unpaired) electrons. The smallest absolute Gasteiger partial charge is 0.331 e. The summed E-state index contributed by atoms with van der Waals surface area (Å²) in [5.41, 5.74) is 0.861. The van der Waals surface area contributed by atoms with Gasteiger partial charge in [0.25, 0.3) is 0 Å². The van der Waals surface area contributed by atoms with Crippen LogP contribution in [-0.2, 0) is 44.4 Å². The number of hydrogen-bond donors (Lipinski definition) is 11. The lowest BCUT2D eigenvalue weighted by molar-refractivity contribution is -0.360. The van der Waals surface area contributed by atoms with Crippen LogP contribution in [0.15, 0.2) is 42.5 Å². The number of aliphatic hydroxyl groups excluding tert-OH is 7. The van der Waals surface area contributed by atoms with E-state index in [0.717, 1.165) is 6.08 Å². The molecule has 0 bridgehead atoms. The average Bonchev–Trinajstić information content (AvgIpc) is 3.14. The van der Waals surface area contributed by atoms with Gasteiger partial charge in [0.05, 0.1) is 25.4 Å². The van der Waals surface area contributed by atoms with Gasteiger partial charge in [-0.2, -0.15) is 0 Å². The highest BCUT2D eigenvalue weighted by atomic mass is 16.7. The van der Waals surface area contributed by atoms with Crippen molar-refractivity contribution >= 4 is 12.0 Å². The standard InChI is InChI=1S/C35H46O19/c1-14-24(41)26(43)28(45)35(51-14)54-32-25(42)15(2)50-34(30(32)47)49-13-22-31(53-23(40)8-5-16-3-6-18(36)20(38)11-16)27(44)29(46)33(52-22)48-10-9-17-4-7-19(37)21(39)12-17/h3-8,11-12,14-15,22,24-39,41-47H,9-10,13H2,1-2H3. The Morgan fingerprint density at radius 3 is 1.94 bits per heavy atom. The number of ether oxygens (including phenoxy) is 7. The van der Waals surface area contributed by atoms with E-state index in [9.17, 15) is 61.0 Å². The van der Waals surface area contributed by atoms with Crippen LogP contribution in [0.5, 0.6) is 23.0 Å². The Kier molecular flexibility index (Phi) is 13.7. The van der Waals surface area contributed by atoms with E-state index in [-0.39, 0.29) is 30.3 Å². The highest BCUT2D eigenvalue weighted by molar-refractivity contribution is 5.87. The summed E-state index contributed by atoms with van der Waals surface area (Å²) in [6.45, 7) is 2.15. The summed E-state index contributed by atoms with van der Waals surface area (Å²) in [5, 5.41) is 113. The minimum absolute atomic E-state index is 0.114. The molecule has 0 aliphatic carbocycles. The van der Waals surface area contributed by atoms with Crippen molar-refractivity contribution in [2.24, 2.45) is 0 Å². The molecule has 3 aliphatic rings. The summed E-state index contributed by atoms with van der Waals surface area (Å²) >= 11 is 0. The third-order valence-electron chi connectivity index (χ3n) is 9.32. The van der Waals surface area contributed by atoms with Crippen LogP contribution in [0, 0.1) is 0 Å². The number of carbonyl (C=O) groups is 1. The molecule has 0 aromatic heterocycles. The molecule has 300 valence electrons. The number of aliphatic hydroxyl groups is 7. The first-order chi connectivity index (χ1) is 25.5. The number of benzene rings is 2. The molecule has 15 atom stereocenters. The van der Waals surface area contributed by atoms with Crippen LogP contribution >= 0.6 is 0 Å². The first kappa shape index (κ1) is 41.5. The normalized spacial score (nSPS) is 37.3. The van der Waals surface area contributed by atoms with Crippen LogP contribution in [0.1, 0.15) is 25.0 Å². The molecular formula is C35H46O19. The lowest BCUT2D eigenvalue weighted by atomic mass is 9.97. The molecule has 15 unspecified atom stereocenters. The Morgan fingerprint density at radius 2 is 1.26 bits per heavy atom. The molecule has 0 amide bonds. The zero-order chi connectivity index (χ0) is 39.4. The van der Waals surface area contributed by atoms with E-state index >= 15 is 0 Å². The maximum atomic E-state index is 12.9. The van der Waals surface area contributed by atoms with Crippen molar-refractivity contribution in [2.45, 2.75) is 112 Å². The molecule has 54 heavy (non-hydrogen) atoms. The van der Waals surface area contributed by atoms with Gasteiger partial charge in [0.2, 0.25) is 0 Å². The molecule has 19 nitrogen and oxygen atoms in total. The SMILES string of the molecule is CC1OC(OC2C(O)C(C)OC(OCC3OC(OCCc4ccc(O)c(O)c4)C(O)C(O)C3OC(=O)C=Cc3ccc(O)c(O)c3)C2O)C(O)C(O)C1O. The lowest BCUT2D eigenvalue weighted by Gasteiger charge is -2.46. The summed E-state index contributed by atoms with van der Waals surface area (Å²) < 4.78 is 39.6. The Balaban J connectivity index is 1.29. The van der Waals surface area contributed by atoms with Crippen molar-refractivity contribution in [3.63, 3.8) is 0 Å². The zero-order valence-corrected chi connectivity index (χ0v) is 29.1. The van der Waals surface area contributed by atoms with E-state index in [1.807, 2.05) is 0 Å². The number of aromatic hydroxyl groups is 4. The van der Waals surface area contributed by atoms with Crippen LogP contribution in [-0.4, -0.2) is 167 Å². The molecule has 5 rings (SSSR count). The minimum Gasteiger partial charge on any atom is -0.504 e. The van der Waals surface area contributed by atoms with Crippen LogP contribution < -0.4 is 0 Å². The first-order valence-electron chi connectivity index (χ1n) is 17.1. The van der Waals surface area contributed by atoms with Gasteiger partial charge in [-0.15, -0.1) is 0 Å². The second-order valence-corrected chi connectivity index (χ2v) is 13.3. The summed E-state index contributed by atoms with van der Waals surface area (Å²) in [4.78, 5) is 12.9. The van der Waals surface area contributed by atoms with E-state index in [0.29, 0.717) is 11.1 Å². The van der Waals surface area contributed by atoms with Gasteiger partial charge in [0, 0.05) is 6.08 Å². The fourth-order valence-electron chi connectivity index (χ4n) is 6.09. The molecule has 3 saturated heterocycles. The quantitative estimate of drug-likeness (QED) is 0.0622. The molecule has 3 heterocycles. The second kappa shape index (κ2) is 17.9. The fourth-order valence-corrected chi connectivity index (χ4v) is 6.09. The molecule has 0 saturated carbocycles. The molecule has 2 aromatic rings. The summed E-state index contributed by atoms with van der Waals surface area (Å²) in [6, 6.07) is 7.89. The Morgan fingerprint density at radius 1 is 0.648 bits per heavy atom. The van der Waals surface area contributed by atoms with Crippen molar-refractivity contribution < 1.29 is 94.1 Å². The summed E-state index contributed by atoms with van der Waals surface area (Å²) in [6.07, 6.45) is -20.6. The Hall–Kier alpha value is -3.67. The number of phenolic OH excluding ortho intramolecular Hbond substituents is 4. The van der Waals surface area contributed by atoms with Crippen LogP contribution in [0.2, 0.25) is 0 Å². The van der Waals surface area contributed by atoms with Crippen LogP contribution in [0.3, 0.4) is 0 Å². The molecule has 0 spiro atoms. The number of hydrogen-bond acceptors (Lipinski definition) is 19. The molecule has 3 aliphatic heterocycles. The number of phenols is 4. The second-order valence-electron chi connectivity index (χ2n) is 13.3. The predicted molar refractivity (Wildman–Crippen MR) is 178 cm³/mol. The monoisotopic (exact) mass is 770 g/mol. The number of esters is 1. The van der Waals surface area contributed by atoms with E-state index in [2.05, 4.69) is 0 Å². The largest absolute Gasteiger partial charge is 0.504 e. The van der Waals surface area contributed by atoms with Crippen LogP contribution in [0.4, 0.5) is 0 Å². The van der Waals surface area contributed by atoms with Gasteiger partial charge < -0.3 is 89.3 Å². The molecule has 2 aromatic carbocycles. The van der Waals surface area contributed by atoms with E-state index in [1.54, 1.807) is 0 Å². The van der Waals surface area contributed by atoms with Gasteiger partial charge in [0.1, 0.15) is 54.9 Å². The lowest BCUT2D eigenvalue weighted by Crippen LogP contribution is -2.64. The van der Waals surface area contributed by atoms with Crippen molar-refractivity contribution in [3.05, 3.63) is 53.6 Å². The molecular weight excluding hydrogens is 724 g/mol. The number of rotatable bonds is 12. The topological polar surface area (TPSA) is 304 Å².